The minimum Gasteiger partial charge on any atom is -0.346 e. The minimum atomic E-state index is 0.855. The average Bonchev–Trinajstić information content (AvgIpc) is 2.43. The molecule has 3 nitrogen and oxygen atoms in total. The Morgan fingerprint density at radius 3 is 2.92 bits per heavy atom. The molecule has 0 spiro atoms. The third-order valence-electron chi connectivity index (χ3n) is 1.62. The Kier molecular flexibility index (Phi) is 2.65. The Hall–Kier alpha value is -1.56. The van der Waals surface area contributed by atoms with Crippen LogP contribution in [0.3, 0.4) is 0 Å². The molecule has 0 unspecified atom stereocenters. The van der Waals surface area contributed by atoms with Crippen LogP contribution in [0.2, 0.25) is 0 Å². The second kappa shape index (κ2) is 3.72. The van der Waals surface area contributed by atoms with E-state index in [1.807, 2.05) is 19.9 Å². The largest absolute Gasteiger partial charge is 0.346 e. The van der Waals surface area contributed by atoms with Crippen LogP contribution in [0.15, 0.2) is 6.08 Å². The summed E-state index contributed by atoms with van der Waals surface area (Å²) < 4.78 is 0. The number of allylic oxidation sites excluding steroid dienone is 1. The van der Waals surface area contributed by atoms with Crippen molar-refractivity contribution in [3.8, 4) is 6.07 Å². The lowest BCUT2D eigenvalue weighted by molar-refractivity contribution is 0.981. The normalized spacial score (nSPS) is 10.4. The number of aromatic nitrogens is 2. The van der Waals surface area contributed by atoms with E-state index in [-0.39, 0.29) is 0 Å². The molecule has 1 rings (SSSR count). The molecule has 3 heteroatoms. The van der Waals surface area contributed by atoms with Crippen molar-refractivity contribution in [2.24, 2.45) is 0 Å². The van der Waals surface area contributed by atoms with E-state index in [2.05, 4.69) is 9.97 Å². The van der Waals surface area contributed by atoms with Crippen molar-refractivity contribution in [2.75, 3.05) is 0 Å². The monoisotopic (exact) mass is 161 g/mol. The van der Waals surface area contributed by atoms with Gasteiger partial charge < -0.3 is 4.98 Å². The second-order valence-corrected chi connectivity index (χ2v) is 2.51. The Morgan fingerprint density at radius 1 is 1.67 bits per heavy atom. The highest BCUT2D eigenvalue weighted by Crippen LogP contribution is 2.06. The van der Waals surface area contributed by atoms with Gasteiger partial charge in [-0.05, 0) is 13.0 Å². The lowest BCUT2D eigenvalue weighted by atomic mass is 10.3. The third kappa shape index (κ3) is 1.73. The molecule has 0 atom stereocenters. The number of nitriles is 1. The number of rotatable bonds is 2. The molecular weight excluding hydrogens is 150 g/mol. The first-order valence-corrected chi connectivity index (χ1v) is 3.89. The molecule has 0 saturated carbocycles. The van der Waals surface area contributed by atoms with Crippen molar-refractivity contribution >= 4 is 6.08 Å². The number of aromatic amines is 1. The van der Waals surface area contributed by atoms with Crippen LogP contribution in [0.25, 0.3) is 6.08 Å². The quantitative estimate of drug-likeness (QED) is 0.672. The van der Waals surface area contributed by atoms with Gasteiger partial charge >= 0.3 is 0 Å². The van der Waals surface area contributed by atoms with Crippen LogP contribution in [0.1, 0.15) is 24.1 Å². The van der Waals surface area contributed by atoms with Crippen LogP contribution >= 0.6 is 0 Å². The molecule has 0 fully saturated rings. The highest BCUT2D eigenvalue weighted by atomic mass is 14.9. The van der Waals surface area contributed by atoms with Crippen LogP contribution in [0.5, 0.6) is 0 Å². The first-order chi connectivity index (χ1) is 5.77. The maximum atomic E-state index is 8.31. The Labute approximate surface area is 71.8 Å². The van der Waals surface area contributed by atoms with Crippen LogP contribution in [0, 0.1) is 18.3 Å². The molecule has 0 radical (unpaired) electrons. The number of aryl methyl sites for hydroxylation is 2. The van der Waals surface area contributed by atoms with Crippen molar-refractivity contribution in [1.82, 2.24) is 9.97 Å². The summed E-state index contributed by atoms with van der Waals surface area (Å²) in [7, 11) is 0. The van der Waals surface area contributed by atoms with Gasteiger partial charge in [0.1, 0.15) is 5.82 Å². The van der Waals surface area contributed by atoms with E-state index >= 15 is 0 Å². The molecule has 0 bridgehead atoms. The Balaban J connectivity index is 2.93. The van der Waals surface area contributed by atoms with Crippen molar-refractivity contribution in [1.29, 1.82) is 5.26 Å². The SMILES string of the molecule is CCc1nc(C=CC#N)c(C)[nH]1. The van der Waals surface area contributed by atoms with Gasteiger partial charge in [-0.25, -0.2) is 4.98 Å². The van der Waals surface area contributed by atoms with Gasteiger partial charge in [-0.1, -0.05) is 6.92 Å². The Bertz CT molecular complexity index is 328. The van der Waals surface area contributed by atoms with E-state index in [0.717, 1.165) is 23.6 Å². The van der Waals surface area contributed by atoms with Crippen LogP contribution in [-0.2, 0) is 6.42 Å². The number of H-pyrrole nitrogens is 1. The van der Waals surface area contributed by atoms with Gasteiger partial charge in [-0.3, -0.25) is 0 Å². The standard InChI is InChI=1S/C9H11N3/c1-3-9-11-7(2)8(12-9)5-4-6-10/h4-5H,3H2,1-2H3,(H,11,12). The molecule has 0 aromatic carbocycles. The zero-order chi connectivity index (χ0) is 8.97. The summed E-state index contributed by atoms with van der Waals surface area (Å²) in [6, 6.07) is 1.94. The Morgan fingerprint density at radius 2 is 2.42 bits per heavy atom. The number of imidazole rings is 1. The predicted molar refractivity (Wildman–Crippen MR) is 47.3 cm³/mol. The van der Waals surface area contributed by atoms with E-state index in [0.29, 0.717) is 0 Å². The zero-order valence-electron chi connectivity index (χ0n) is 7.26. The molecule has 1 aromatic heterocycles. The molecule has 0 aliphatic carbocycles. The van der Waals surface area contributed by atoms with Gasteiger partial charge in [0.2, 0.25) is 0 Å². The maximum Gasteiger partial charge on any atom is 0.106 e. The first-order valence-electron chi connectivity index (χ1n) is 3.89. The highest BCUT2D eigenvalue weighted by molar-refractivity contribution is 5.50. The summed E-state index contributed by atoms with van der Waals surface area (Å²) in [4.78, 5) is 7.40. The van der Waals surface area contributed by atoms with E-state index in [4.69, 9.17) is 5.26 Å². The van der Waals surface area contributed by atoms with Crippen molar-refractivity contribution < 1.29 is 0 Å². The minimum absolute atomic E-state index is 0.855. The number of nitrogens with one attached hydrogen (secondary N) is 1. The second-order valence-electron chi connectivity index (χ2n) is 2.51. The molecule has 1 heterocycles. The molecular formula is C9H11N3. The lowest BCUT2D eigenvalue weighted by Crippen LogP contribution is -1.80. The van der Waals surface area contributed by atoms with Gasteiger partial charge in [-0.15, -0.1) is 0 Å². The first kappa shape index (κ1) is 8.54. The van der Waals surface area contributed by atoms with E-state index in [9.17, 15) is 0 Å². The number of nitrogens with zero attached hydrogens (tertiary/aromatic N) is 2. The fraction of sp³-hybridized carbons (Fsp3) is 0.333. The molecule has 62 valence electrons. The average molecular weight is 161 g/mol. The fourth-order valence-corrected chi connectivity index (χ4v) is 0.984. The van der Waals surface area contributed by atoms with Crippen LogP contribution < -0.4 is 0 Å². The summed E-state index contributed by atoms with van der Waals surface area (Å²) in [5.74, 6) is 0.963. The van der Waals surface area contributed by atoms with E-state index in [1.54, 1.807) is 6.08 Å². The maximum absolute atomic E-state index is 8.31. The molecule has 0 aliphatic heterocycles. The predicted octanol–water partition coefficient (Wildman–Crippen LogP) is 1.82. The fourth-order valence-electron chi connectivity index (χ4n) is 0.984. The number of hydrogen-bond acceptors (Lipinski definition) is 2. The van der Waals surface area contributed by atoms with Gasteiger partial charge in [-0.2, -0.15) is 5.26 Å². The zero-order valence-corrected chi connectivity index (χ0v) is 7.26. The molecule has 0 aliphatic rings. The van der Waals surface area contributed by atoms with Crippen molar-refractivity contribution in [3.05, 3.63) is 23.3 Å². The molecule has 12 heavy (non-hydrogen) atoms. The summed E-state index contributed by atoms with van der Waals surface area (Å²) >= 11 is 0. The lowest BCUT2D eigenvalue weighted by Gasteiger charge is -1.82. The molecule has 1 aromatic rings. The van der Waals surface area contributed by atoms with E-state index in [1.165, 1.54) is 6.08 Å². The third-order valence-corrected chi connectivity index (χ3v) is 1.62. The van der Waals surface area contributed by atoms with Gasteiger partial charge in [0.15, 0.2) is 0 Å². The summed E-state index contributed by atoms with van der Waals surface area (Å²) in [5, 5.41) is 8.31. The van der Waals surface area contributed by atoms with Crippen LogP contribution in [0.4, 0.5) is 0 Å². The topological polar surface area (TPSA) is 52.5 Å². The summed E-state index contributed by atoms with van der Waals surface area (Å²) in [6.07, 6.45) is 4.04. The van der Waals surface area contributed by atoms with Crippen molar-refractivity contribution in [3.63, 3.8) is 0 Å². The van der Waals surface area contributed by atoms with Crippen molar-refractivity contribution in [2.45, 2.75) is 20.3 Å². The molecule has 0 amide bonds. The van der Waals surface area contributed by atoms with Gasteiger partial charge in [0.25, 0.3) is 0 Å². The van der Waals surface area contributed by atoms with Crippen LogP contribution in [-0.4, -0.2) is 9.97 Å². The van der Waals surface area contributed by atoms with E-state index < -0.39 is 0 Å². The van der Waals surface area contributed by atoms with Gasteiger partial charge in [0, 0.05) is 18.2 Å². The number of hydrogen-bond donors (Lipinski definition) is 1. The molecule has 0 saturated heterocycles. The highest BCUT2D eigenvalue weighted by Gasteiger charge is 2.00. The molecule has 1 N–H and O–H groups in total. The summed E-state index contributed by atoms with van der Waals surface area (Å²) in [5.41, 5.74) is 1.87. The smallest absolute Gasteiger partial charge is 0.106 e. The summed E-state index contributed by atoms with van der Waals surface area (Å²) in [6.45, 7) is 3.99. The van der Waals surface area contributed by atoms with Gasteiger partial charge in [0.05, 0.1) is 11.8 Å².